The summed E-state index contributed by atoms with van der Waals surface area (Å²) in [6.07, 6.45) is 2.00. The van der Waals surface area contributed by atoms with E-state index in [-0.39, 0.29) is 6.04 Å². The SMILES string of the molecule is COc1ccc2c(c1)OCCC[C@@H]2N. The van der Waals surface area contributed by atoms with Crippen LogP contribution in [0.3, 0.4) is 0 Å². The second-order valence-corrected chi connectivity index (χ2v) is 3.50. The predicted octanol–water partition coefficient (Wildman–Crippen LogP) is 1.87. The number of hydrogen-bond acceptors (Lipinski definition) is 3. The fourth-order valence-corrected chi connectivity index (χ4v) is 1.71. The average molecular weight is 193 g/mol. The molecule has 0 aliphatic carbocycles. The van der Waals surface area contributed by atoms with E-state index in [1.807, 2.05) is 18.2 Å². The van der Waals surface area contributed by atoms with Crippen molar-refractivity contribution in [3.63, 3.8) is 0 Å². The maximum Gasteiger partial charge on any atom is 0.127 e. The van der Waals surface area contributed by atoms with Crippen molar-refractivity contribution in [2.45, 2.75) is 18.9 Å². The van der Waals surface area contributed by atoms with Crippen molar-refractivity contribution in [3.05, 3.63) is 23.8 Å². The number of nitrogens with two attached hydrogens (primary N) is 1. The van der Waals surface area contributed by atoms with Crippen LogP contribution in [-0.2, 0) is 0 Å². The molecule has 1 aliphatic rings. The maximum absolute atomic E-state index is 6.02. The van der Waals surface area contributed by atoms with Crippen LogP contribution in [-0.4, -0.2) is 13.7 Å². The highest BCUT2D eigenvalue weighted by molar-refractivity contribution is 5.42. The zero-order chi connectivity index (χ0) is 9.97. The van der Waals surface area contributed by atoms with E-state index in [0.29, 0.717) is 0 Å². The third kappa shape index (κ3) is 1.68. The second kappa shape index (κ2) is 3.88. The second-order valence-electron chi connectivity index (χ2n) is 3.50. The van der Waals surface area contributed by atoms with Gasteiger partial charge in [0.05, 0.1) is 13.7 Å². The number of benzene rings is 1. The molecule has 3 nitrogen and oxygen atoms in total. The van der Waals surface area contributed by atoms with Gasteiger partial charge in [-0.1, -0.05) is 6.07 Å². The minimum atomic E-state index is 0.0957. The van der Waals surface area contributed by atoms with Crippen LogP contribution in [0.25, 0.3) is 0 Å². The first-order chi connectivity index (χ1) is 6.81. The van der Waals surface area contributed by atoms with Crippen molar-refractivity contribution in [1.82, 2.24) is 0 Å². The lowest BCUT2D eigenvalue weighted by molar-refractivity contribution is 0.313. The van der Waals surface area contributed by atoms with E-state index >= 15 is 0 Å². The third-order valence-electron chi connectivity index (χ3n) is 2.54. The predicted molar refractivity (Wildman–Crippen MR) is 54.7 cm³/mol. The quantitative estimate of drug-likeness (QED) is 0.740. The first-order valence-electron chi connectivity index (χ1n) is 4.87. The molecule has 14 heavy (non-hydrogen) atoms. The normalized spacial score (nSPS) is 20.6. The Kier molecular flexibility index (Phi) is 2.59. The molecule has 1 aromatic carbocycles. The van der Waals surface area contributed by atoms with Gasteiger partial charge < -0.3 is 15.2 Å². The van der Waals surface area contributed by atoms with Gasteiger partial charge in [0.15, 0.2) is 0 Å². The number of fused-ring (bicyclic) bond motifs is 1. The van der Waals surface area contributed by atoms with Gasteiger partial charge in [-0.2, -0.15) is 0 Å². The van der Waals surface area contributed by atoms with Gasteiger partial charge in [0.25, 0.3) is 0 Å². The Morgan fingerprint density at radius 2 is 2.36 bits per heavy atom. The van der Waals surface area contributed by atoms with Crippen LogP contribution in [0.4, 0.5) is 0 Å². The van der Waals surface area contributed by atoms with E-state index in [4.69, 9.17) is 15.2 Å². The molecular formula is C11H15NO2. The minimum absolute atomic E-state index is 0.0957. The monoisotopic (exact) mass is 193 g/mol. The zero-order valence-corrected chi connectivity index (χ0v) is 8.32. The molecule has 0 saturated carbocycles. The fraction of sp³-hybridized carbons (Fsp3) is 0.455. The van der Waals surface area contributed by atoms with Crippen molar-refractivity contribution in [3.8, 4) is 11.5 Å². The van der Waals surface area contributed by atoms with Crippen LogP contribution in [0.15, 0.2) is 18.2 Å². The van der Waals surface area contributed by atoms with Gasteiger partial charge in [-0.25, -0.2) is 0 Å². The Bertz CT molecular complexity index is 325. The molecule has 0 amide bonds. The fourth-order valence-electron chi connectivity index (χ4n) is 1.71. The Morgan fingerprint density at radius 1 is 1.50 bits per heavy atom. The topological polar surface area (TPSA) is 44.5 Å². The summed E-state index contributed by atoms with van der Waals surface area (Å²) in [5, 5.41) is 0. The molecule has 3 heteroatoms. The van der Waals surface area contributed by atoms with Crippen molar-refractivity contribution in [1.29, 1.82) is 0 Å². The highest BCUT2D eigenvalue weighted by Crippen LogP contribution is 2.32. The molecule has 2 rings (SSSR count). The first-order valence-corrected chi connectivity index (χ1v) is 4.87. The van der Waals surface area contributed by atoms with Crippen molar-refractivity contribution in [2.75, 3.05) is 13.7 Å². The molecule has 0 aromatic heterocycles. The van der Waals surface area contributed by atoms with Crippen molar-refractivity contribution in [2.24, 2.45) is 5.73 Å². The summed E-state index contributed by atoms with van der Waals surface area (Å²) in [5.41, 5.74) is 7.10. The van der Waals surface area contributed by atoms with E-state index in [0.717, 1.165) is 36.5 Å². The molecule has 0 radical (unpaired) electrons. The van der Waals surface area contributed by atoms with Crippen LogP contribution < -0.4 is 15.2 Å². The molecule has 2 N–H and O–H groups in total. The van der Waals surface area contributed by atoms with E-state index in [1.54, 1.807) is 7.11 Å². The maximum atomic E-state index is 6.02. The van der Waals surface area contributed by atoms with E-state index < -0.39 is 0 Å². The Labute approximate surface area is 83.8 Å². The molecule has 1 aliphatic heterocycles. The van der Waals surface area contributed by atoms with Crippen LogP contribution >= 0.6 is 0 Å². The average Bonchev–Trinajstić information content (AvgIpc) is 2.40. The van der Waals surface area contributed by atoms with Gasteiger partial charge >= 0.3 is 0 Å². The summed E-state index contributed by atoms with van der Waals surface area (Å²) in [4.78, 5) is 0. The van der Waals surface area contributed by atoms with Crippen molar-refractivity contribution < 1.29 is 9.47 Å². The largest absolute Gasteiger partial charge is 0.497 e. The van der Waals surface area contributed by atoms with Crippen LogP contribution in [0.1, 0.15) is 24.4 Å². The highest BCUT2D eigenvalue weighted by Gasteiger charge is 2.16. The lowest BCUT2D eigenvalue weighted by Crippen LogP contribution is -2.08. The molecule has 0 bridgehead atoms. The van der Waals surface area contributed by atoms with Gasteiger partial charge in [-0.05, 0) is 18.9 Å². The summed E-state index contributed by atoms with van der Waals surface area (Å²) in [5.74, 6) is 1.69. The highest BCUT2D eigenvalue weighted by atomic mass is 16.5. The zero-order valence-electron chi connectivity index (χ0n) is 8.32. The molecule has 0 saturated heterocycles. The summed E-state index contributed by atoms with van der Waals surface area (Å²) < 4.78 is 10.7. The molecule has 0 fully saturated rings. The van der Waals surface area contributed by atoms with Gasteiger partial charge in [0, 0.05) is 17.7 Å². The number of ether oxygens (including phenoxy) is 2. The minimum Gasteiger partial charge on any atom is -0.497 e. The molecule has 0 unspecified atom stereocenters. The molecular weight excluding hydrogens is 178 g/mol. The molecule has 76 valence electrons. The Morgan fingerprint density at radius 3 is 3.14 bits per heavy atom. The van der Waals surface area contributed by atoms with Crippen LogP contribution in [0, 0.1) is 0 Å². The number of hydrogen-bond donors (Lipinski definition) is 1. The van der Waals surface area contributed by atoms with Gasteiger partial charge in [0.1, 0.15) is 11.5 Å². The Balaban J connectivity index is 2.38. The molecule has 0 spiro atoms. The van der Waals surface area contributed by atoms with Gasteiger partial charge in [-0.3, -0.25) is 0 Å². The van der Waals surface area contributed by atoms with Gasteiger partial charge in [0.2, 0.25) is 0 Å². The van der Waals surface area contributed by atoms with Crippen molar-refractivity contribution >= 4 is 0 Å². The lowest BCUT2D eigenvalue weighted by Gasteiger charge is -2.12. The lowest BCUT2D eigenvalue weighted by atomic mass is 10.0. The number of rotatable bonds is 1. The van der Waals surface area contributed by atoms with Gasteiger partial charge in [-0.15, -0.1) is 0 Å². The van der Waals surface area contributed by atoms with E-state index in [9.17, 15) is 0 Å². The smallest absolute Gasteiger partial charge is 0.127 e. The molecule has 1 heterocycles. The summed E-state index contributed by atoms with van der Waals surface area (Å²) in [7, 11) is 1.65. The van der Waals surface area contributed by atoms with Crippen LogP contribution in [0.5, 0.6) is 11.5 Å². The third-order valence-corrected chi connectivity index (χ3v) is 2.54. The van der Waals surface area contributed by atoms with Crippen LogP contribution in [0.2, 0.25) is 0 Å². The summed E-state index contributed by atoms with van der Waals surface area (Å²) >= 11 is 0. The molecule has 1 atom stereocenters. The Hall–Kier alpha value is -1.22. The van der Waals surface area contributed by atoms with E-state index in [1.165, 1.54) is 0 Å². The molecule has 1 aromatic rings. The first kappa shape index (κ1) is 9.34. The summed E-state index contributed by atoms with van der Waals surface area (Å²) in [6.45, 7) is 0.744. The van der Waals surface area contributed by atoms with E-state index in [2.05, 4.69) is 0 Å². The number of methoxy groups -OCH3 is 1. The standard InChI is InChI=1S/C11H15NO2/c1-13-8-4-5-9-10(12)3-2-6-14-11(9)7-8/h4-5,7,10H,2-3,6,12H2,1H3/t10-/m0/s1. The summed E-state index contributed by atoms with van der Waals surface area (Å²) in [6, 6.07) is 5.91.